The van der Waals surface area contributed by atoms with Crippen LogP contribution in [0.1, 0.15) is 52.0 Å². The Labute approximate surface area is 192 Å². The smallest absolute Gasteiger partial charge is 0.254 e. The van der Waals surface area contributed by atoms with E-state index in [4.69, 9.17) is 4.74 Å². The molecule has 5 rings (SSSR count). The third-order valence-electron chi connectivity index (χ3n) is 7.10. The maximum Gasteiger partial charge on any atom is 0.254 e. The monoisotopic (exact) mass is 448 g/mol. The summed E-state index contributed by atoms with van der Waals surface area (Å²) >= 11 is 0. The number of ether oxygens (including phenoxy) is 1. The fourth-order valence-electron chi connectivity index (χ4n) is 5.23. The summed E-state index contributed by atoms with van der Waals surface area (Å²) in [6, 6.07) is 8.91. The number of hydrogen-bond donors (Lipinski definition) is 2. The Morgan fingerprint density at radius 2 is 2.03 bits per heavy atom. The molecule has 2 N–H and O–H groups in total. The van der Waals surface area contributed by atoms with Crippen LogP contribution in [0.4, 0.5) is 5.69 Å². The van der Waals surface area contributed by atoms with E-state index in [-0.39, 0.29) is 29.2 Å². The predicted molar refractivity (Wildman–Crippen MR) is 122 cm³/mol. The molecule has 0 saturated carbocycles. The number of aryl methyl sites for hydroxylation is 1. The molecule has 3 aliphatic heterocycles. The number of aromatic nitrogens is 1. The molecular weight excluding hydrogens is 420 g/mol. The molecule has 1 aromatic heterocycles. The summed E-state index contributed by atoms with van der Waals surface area (Å²) < 4.78 is 5.58. The van der Waals surface area contributed by atoms with Crippen LogP contribution in [0, 0.1) is 5.41 Å². The van der Waals surface area contributed by atoms with Gasteiger partial charge in [-0.15, -0.1) is 0 Å². The van der Waals surface area contributed by atoms with Crippen molar-refractivity contribution in [1.29, 1.82) is 0 Å². The highest BCUT2D eigenvalue weighted by atomic mass is 16.5. The number of pyridine rings is 1. The zero-order chi connectivity index (χ0) is 22.8. The molecule has 4 heterocycles. The minimum atomic E-state index is -0.195. The number of nitrogens with zero attached hydrogens (tertiary/aromatic N) is 2. The number of fused-ring (bicyclic) bond motifs is 1. The number of carbonyl (C=O) groups is 3. The lowest BCUT2D eigenvalue weighted by Gasteiger charge is -2.33. The van der Waals surface area contributed by atoms with Crippen molar-refractivity contribution < 1.29 is 19.1 Å². The highest BCUT2D eigenvalue weighted by Crippen LogP contribution is 2.43. The van der Waals surface area contributed by atoms with Gasteiger partial charge in [-0.25, -0.2) is 0 Å². The molecule has 0 radical (unpaired) electrons. The van der Waals surface area contributed by atoms with Gasteiger partial charge < -0.3 is 20.3 Å². The summed E-state index contributed by atoms with van der Waals surface area (Å²) in [6.45, 7) is 2.42. The maximum absolute atomic E-state index is 13.6. The van der Waals surface area contributed by atoms with E-state index in [0.717, 1.165) is 30.5 Å². The number of benzene rings is 1. The van der Waals surface area contributed by atoms with Crippen LogP contribution >= 0.6 is 0 Å². The third-order valence-corrected chi connectivity index (χ3v) is 7.10. The highest BCUT2D eigenvalue weighted by Gasteiger charge is 2.46. The van der Waals surface area contributed by atoms with Gasteiger partial charge in [0.2, 0.25) is 5.91 Å². The Bertz CT molecular complexity index is 1070. The molecule has 1 atom stereocenters. The van der Waals surface area contributed by atoms with Crippen LogP contribution in [-0.2, 0) is 16.0 Å². The molecule has 2 aromatic rings. The Kier molecular flexibility index (Phi) is 5.85. The molecule has 33 heavy (non-hydrogen) atoms. The van der Waals surface area contributed by atoms with Crippen LogP contribution in [0.2, 0.25) is 0 Å². The van der Waals surface area contributed by atoms with E-state index in [9.17, 15) is 14.4 Å². The molecule has 3 amide bonds. The first kappa shape index (κ1) is 21.6. The quantitative estimate of drug-likeness (QED) is 0.748. The van der Waals surface area contributed by atoms with Gasteiger partial charge in [0.15, 0.2) is 0 Å². The number of rotatable bonds is 4. The maximum atomic E-state index is 13.6. The average molecular weight is 449 g/mol. The summed E-state index contributed by atoms with van der Waals surface area (Å²) in [6.07, 6.45) is 6.96. The molecule has 8 heteroatoms. The van der Waals surface area contributed by atoms with Crippen molar-refractivity contribution >= 4 is 23.4 Å². The van der Waals surface area contributed by atoms with E-state index in [0.29, 0.717) is 50.3 Å². The number of carbonyl (C=O) groups excluding carboxylic acids is 3. The number of hydrogen-bond acceptors (Lipinski definition) is 5. The van der Waals surface area contributed by atoms with Gasteiger partial charge in [-0.1, -0.05) is 6.07 Å². The van der Waals surface area contributed by atoms with Crippen LogP contribution in [0.5, 0.6) is 0 Å². The van der Waals surface area contributed by atoms with Crippen molar-refractivity contribution in [2.75, 3.05) is 31.6 Å². The first-order valence-electron chi connectivity index (χ1n) is 11.5. The van der Waals surface area contributed by atoms with Crippen LogP contribution in [0.25, 0.3) is 0 Å². The summed E-state index contributed by atoms with van der Waals surface area (Å²) in [5, 5.41) is 5.88. The van der Waals surface area contributed by atoms with E-state index in [2.05, 4.69) is 15.6 Å². The standard InChI is InChI=1S/C25H28N4O4/c30-22-6-5-17-3-4-18(12-21(17)28-22)24(32)29-16-25(7-10-33-11-8-25)13-20(29)15-27-23(31)19-2-1-9-26-14-19/h1-4,9,12,14,20H,5-8,10-11,13,15-16H2,(H,27,31)(H,28,30). The second-order valence-electron chi connectivity index (χ2n) is 9.28. The SMILES string of the molecule is O=C1CCc2ccc(C(=O)N3CC4(CCOCC4)CC3CNC(=O)c3cccnc3)cc2N1. The van der Waals surface area contributed by atoms with Gasteiger partial charge in [0.25, 0.3) is 11.8 Å². The van der Waals surface area contributed by atoms with E-state index in [1.54, 1.807) is 24.4 Å². The molecule has 172 valence electrons. The van der Waals surface area contributed by atoms with Gasteiger partial charge in [0.05, 0.1) is 5.56 Å². The van der Waals surface area contributed by atoms with Gasteiger partial charge in [-0.2, -0.15) is 0 Å². The van der Waals surface area contributed by atoms with Crippen molar-refractivity contribution in [1.82, 2.24) is 15.2 Å². The lowest BCUT2D eigenvalue weighted by atomic mass is 9.78. The van der Waals surface area contributed by atoms with E-state index in [1.807, 2.05) is 17.0 Å². The van der Waals surface area contributed by atoms with Crippen molar-refractivity contribution in [3.8, 4) is 0 Å². The van der Waals surface area contributed by atoms with Crippen LogP contribution < -0.4 is 10.6 Å². The normalized spacial score (nSPS) is 21.4. The van der Waals surface area contributed by atoms with Gasteiger partial charge in [0.1, 0.15) is 0 Å². The highest BCUT2D eigenvalue weighted by molar-refractivity contribution is 5.99. The molecule has 0 bridgehead atoms. The molecule has 3 aliphatic rings. The zero-order valence-electron chi connectivity index (χ0n) is 18.5. The Morgan fingerprint density at radius 3 is 2.82 bits per heavy atom. The van der Waals surface area contributed by atoms with Crippen molar-refractivity contribution in [2.24, 2.45) is 5.41 Å². The number of anilines is 1. The third kappa shape index (κ3) is 4.48. The molecule has 1 aromatic carbocycles. The molecule has 1 spiro atoms. The summed E-state index contributed by atoms with van der Waals surface area (Å²) in [5.41, 5.74) is 2.84. The number of amides is 3. The summed E-state index contributed by atoms with van der Waals surface area (Å²) in [4.78, 5) is 43.9. The Morgan fingerprint density at radius 1 is 1.18 bits per heavy atom. The summed E-state index contributed by atoms with van der Waals surface area (Å²) in [5.74, 6) is -0.285. The Balaban J connectivity index is 1.36. The number of likely N-dealkylation sites (tertiary alicyclic amines) is 1. The van der Waals surface area contributed by atoms with Gasteiger partial charge in [-0.05, 0) is 60.9 Å². The van der Waals surface area contributed by atoms with E-state index >= 15 is 0 Å². The minimum Gasteiger partial charge on any atom is -0.381 e. The zero-order valence-corrected chi connectivity index (χ0v) is 18.5. The fourth-order valence-corrected chi connectivity index (χ4v) is 5.23. The number of nitrogens with one attached hydrogen (secondary N) is 2. The average Bonchev–Trinajstić information content (AvgIpc) is 3.20. The molecule has 2 saturated heterocycles. The topological polar surface area (TPSA) is 101 Å². The van der Waals surface area contributed by atoms with E-state index in [1.165, 1.54) is 6.20 Å². The van der Waals surface area contributed by atoms with Crippen LogP contribution in [-0.4, -0.2) is 60.0 Å². The van der Waals surface area contributed by atoms with Gasteiger partial charge >= 0.3 is 0 Å². The van der Waals surface area contributed by atoms with Crippen molar-refractivity contribution in [3.05, 3.63) is 59.4 Å². The van der Waals surface area contributed by atoms with Gasteiger partial charge in [0, 0.05) is 62.4 Å². The molecule has 0 aliphatic carbocycles. The fraction of sp³-hybridized carbons (Fsp3) is 0.440. The van der Waals surface area contributed by atoms with Gasteiger partial charge in [-0.3, -0.25) is 19.4 Å². The largest absolute Gasteiger partial charge is 0.381 e. The minimum absolute atomic E-state index is 0.0139. The Hall–Kier alpha value is -3.26. The lowest BCUT2D eigenvalue weighted by Crippen LogP contribution is -2.43. The molecule has 8 nitrogen and oxygen atoms in total. The van der Waals surface area contributed by atoms with Crippen molar-refractivity contribution in [3.63, 3.8) is 0 Å². The van der Waals surface area contributed by atoms with Crippen LogP contribution in [0.15, 0.2) is 42.7 Å². The van der Waals surface area contributed by atoms with E-state index < -0.39 is 0 Å². The predicted octanol–water partition coefficient (Wildman–Crippen LogP) is 2.41. The second-order valence-corrected chi connectivity index (χ2v) is 9.28. The molecular formula is C25H28N4O4. The summed E-state index contributed by atoms with van der Waals surface area (Å²) in [7, 11) is 0. The lowest BCUT2D eigenvalue weighted by molar-refractivity contribution is -0.116. The molecule has 2 fully saturated rings. The molecule has 1 unspecified atom stereocenters. The van der Waals surface area contributed by atoms with Crippen LogP contribution in [0.3, 0.4) is 0 Å². The second kappa shape index (κ2) is 8.94. The van der Waals surface area contributed by atoms with Crippen molar-refractivity contribution in [2.45, 2.75) is 38.1 Å². The first-order valence-corrected chi connectivity index (χ1v) is 11.5. The first-order chi connectivity index (χ1) is 16.0.